The molecule has 0 aliphatic carbocycles. The number of nitrogens with one attached hydrogen (secondary N) is 2. The lowest BCUT2D eigenvalue weighted by atomic mass is 9.86. The Labute approximate surface area is 179 Å². The van der Waals surface area contributed by atoms with E-state index in [1.54, 1.807) is 18.2 Å². The molecule has 0 spiro atoms. The van der Waals surface area contributed by atoms with Gasteiger partial charge in [-0.15, -0.1) is 0 Å². The van der Waals surface area contributed by atoms with Crippen LogP contribution in [0.2, 0.25) is 0 Å². The fourth-order valence-corrected chi connectivity index (χ4v) is 3.54. The molecule has 1 aliphatic heterocycles. The third kappa shape index (κ3) is 6.17. The van der Waals surface area contributed by atoms with Gasteiger partial charge in [0.2, 0.25) is 5.91 Å². The van der Waals surface area contributed by atoms with E-state index >= 15 is 0 Å². The molecular formula is C25H32N2O3. The highest BCUT2D eigenvalue weighted by Gasteiger charge is 2.18. The number of benzene rings is 2. The number of carbonyl (C=O) groups excluding carboxylic acids is 2. The summed E-state index contributed by atoms with van der Waals surface area (Å²) in [5, 5.41) is 5.81. The highest BCUT2D eigenvalue weighted by molar-refractivity contribution is 6.03. The normalized spacial score (nSPS) is 16.3. The van der Waals surface area contributed by atoms with Crippen LogP contribution in [0.15, 0.2) is 48.5 Å². The molecule has 2 N–H and O–H groups in total. The molecule has 2 aromatic carbocycles. The molecule has 1 atom stereocenters. The van der Waals surface area contributed by atoms with E-state index in [-0.39, 0.29) is 23.3 Å². The van der Waals surface area contributed by atoms with Gasteiger partial charge in [-0.2, -0.15) is 0 Å². The molecule has 0 saturated carbocycles. The van der Waals surface area contributed by atoms with Crippen molar-refractivity contribution in [2.24, 2.45) is 0 Å². The molecule has 1 heterocycles. The number of para-hydroxylation sites is 1. The van der Waals surface area contributed by atoms with E-state index in [9.17, 15) is 9.59 Å². The molecule has 2 aromatic rings. The summed E-state index contributed by atoms with van der Waals surface area (Å²) < 4.78 is 5.55. The number of aryl methyl sites for hydroxylation is 1. The summed E-state index contributed by atoms with van der Waals surface area (Å²) in [4.78, 5) is 25.1. The quantitative estimate of drug-likeness (QED) is 0.711. The lowest BCUT2D eigenvalue weighted by Crippen LogP contribution is -2.32. The third-order valence-electron chi connectivity index (χ3n) is 5.42. The zero-order valence-corrected chi connectivity index (χ0v) is 18.2. The van der Waals surface area contributed by atoms with Gasteiger partial charge in [0, 0.05) is 19.6 Å². The fourth-order valence-electron chi connectivity index (χ4n) is 3.54. The Kier molecular flexibility index (Phi) is 7.27. The summed E-state index contributed by atoms with van der Waals surface area (Å²) in [7, 11) is 0. The van der Waals surface area contributed by atoms with Crippen molar-refractivity contribution in [3.8, 4) is 0 Å². The van der Waals surface area contributed by atoms with Crippen molar-refractivity contribution in [2.45, 2.75) is 58.0 Å². The second-order valence-corrected chi connectivity index (χ2v) is 8.89. The van der Waals surface area contributed by atoms with Gasteiger partial charge in [-0.05, 0) is 47.9 Å². The van der Waals surface area contributed by atoms with Crippen molar-refractivity contribution in [3.63, 3.8) is 0 Å². The fraction of sp³-hybridized carbons (Fsp3) is 0.440. The minimum atomic E-state index is -0.195. The first-order valence-corrected chi connectivity index (χ1v) is 10.7. The zero-order valence-electron chi connectivity index (χ0n) is 18.2. The number of rotatable bonds is 7. The molecule has 0 aromatic heterocycles. The maximum Gasteiger partial charge on any atom is 0.253 e. The van der Waals surface area contributed by atoms with Crippen LogP contribution in [0.3, 0.4) is 0 Å². The van der Waals surface area contributed by atoms with Crippen LogP contribution >= 0.6 is 0 Å². The molecule has 1 saturated heterocycles. The highest BCUT2D eigenvalue weighted by atomic mass is 16.5. The van der Waals surface area contributed by atoms with Crippen molar-refractivity contribution in [2.75, 3.05) is 18.5 Å². The average Bonchev–Trinajstić information content (AvgIpc) is 3.24. The smallest absolute Gasteiger partial charge is 0.253 e. The molecule has 0 radical (unpaired) electrons. The summed E-state index contributed by atoms with van der Waals surface area (Å²) in [6.07, 6.45) is 3.10. The number of carbonyl (C=O) groups is 2. The van der Waals surface area contributed by atoms with E-state index in [4.69, 9.17) is 4.74 Å². The van der Waals surface area contributed by atoms with Crippen LogP contribution in [0.1, 0.15) is 61.5 Å². The molecule has 0 bridgehead atoms. The van der Waals surface area contributed by atoms with Crippen LogP contribution in [0.25, 0.3) is 0 Å². The van der Waals surface area contributed by atoms with Crippen LogP contribution in [0.5, 0.6) is 0 Å². The third-order valence-corrected chi connectivity index (χ3v) is 5.42. The Morgan fingerprint density at radius 1 is 1.07 bits per heavy atom. The molecule has 5 nitrogen and oxygen atoms in total. The molecule has 1 fully saturated rings. The van der Waals surface area contributed by atoms with E-state index in [2.05, 4.69) is 55.7 Å². The number of anilines is 1. The van der Waals surface area contributed by atoms with Gasteiger partial charge in [0.25, 0.3) is 5.91 Å². The molecule has 0 unspecified atom stereocenters. The Morgan fingerprint density at radius 2 is 1.80 bits per heavy atom. The molecule has 1 aliphatic rings. The van der Waals surface area contributed by atoms with Crippen LogP contribution in [-0.4, -0.2) is 31.1 Å². The SMILES string of the molecule is CC(C)(C)c1ccc(CCC(=O)Nc2ccccc2C(=O)NC[C@@H]2CCCO2)cc1. The van der Waals surface area contributed by atoms with Gasteiger partial charge in [0.15, 0.2) is 0 Å². The summed E-state index contributed by atoms with van der Waals surface area (Å²) in [6.45, 7) is 7.80. The van der Waals surface area contributed by atoms with Gasteiger partial charge in [0.1, 0.15) is 0 Å². The van der Waals surface area contributed by atoms with E-state index < -0.39 is 0 Å². The van der Waals surface area contributed by atoms with Crippen molar-refractivity contribution >= 4 is 17.5 Å². The Hall–Kier alpha value is -2.66. The Bertz CT molecular complexity index is 863. The van der Waals surface area contributed by atoms with Gasteiger partial charge >= 0.3 is 0 Å². The Balaban J connectivity index is 1.54. The van der Waals surface area contributed by atoms with Gasteiger partial charge in [-0.1, -0.05) is 57.2 Å². The van der Waals surface area contributed by atoms with Crippen LogP contribution in [0.4, 0.5) is 5.69 Å². The van der Waals surface area contributed by atoms with Crippen molar-refractivity contribution in [1.82, 2.24) is 5.32 Å². The average molecular weight is 409 g/mol. The first kappa shape index (κ1) is 22.0. The predicted octanol–water partition coefficient (Wildman–Crippen LogP) is 4.46. The number of ether oxygens (including phenoxy) is 1. The molecule has 3 rings (SSSR count). The summed E-state index contributed by atoms with van der Waals surface area (Å²) in [5.41, 5.74) is 3.53. The molecule has 2 amide bonds. The number of hydrogen-bond donors (Lipinski definition) is 2. The second-order valence-electron chi connectivity index (χ2n) is 8.89. The number of amides is 2. The topological polar surface area (TPSA) is 67.4 Å². The van der Waals surface area contributed by atoms with E-state index in [0.29, 0.717) is 30.6 Å². The lowest BCUT2D eigenvalue weighted by molar-refractivity contribution is -0.116. The lowest BCUT2D eigenvalue weighted by Gasteiger charge is -2.19. The van der Waals surface area contributed by atoms with Gasteiger partial charge in [-0.25, -0.2) is 0 Å². The maximum absolute atomic E-state index is 12.6. The highest BCUT2D eigenvalue weighted by Crippen LogP contribution is 2.22. The molecular weight excluding hydrogens is 376 g/mol. The van der Waals surface area contributed by atoms with Gasteiger partial charge in [0.05, 0.1) is 17.4 Å². The molecule has 160 valence electrons. The van der Waals surface area contributed by atoms with Crippen molar-refractivity contribution in [1.29, 1.82) is 0 Å². The Morgan fingerprint density at radius 3 is 2.47 bits per heavy atom. The van der Waals surface area contributed by atoms with E-state index in [1.165, 1.54) is 5.56 Å². The van der Waals surface area contributed by atoms with E-state index in [0.717, 1.165) is 25.0 Å². The van der Waals surface area contributed by atoms with Crippen LogP contribution in [-0.2, 0) is 21.4 Å². The maximum atomic E-state index is 12.6. The zero-order chi connectivity index (χ0) is 21.6. The minimum Gasteiger partial charge on any atom is -0.376 e. The monoisotopic (exact) mass is 408 g/mol. The largest absolute Gasteiger partial charge is 0.376 e. The predicted molar refractivity (Wildman–Crippen MR) is 120 cm³/mol. The van der Waals surface area contributed by atoms with Crippen LogP contribution < -0.4 is 10.6 Å². The second kappa shape index (κ2) is 9.90. The van der Waals surface area contributed by atoms with E-state index in [1.807, 2.05) is 6.07 Å². The first-order valence-electron chi connectivity index (χ1n) is 10.7. The molecule has 5 heteroatoms. The summed E-state index contributed by atoms with van der Waals surface area (Å²) in [5.74, 6) is -0.298. The summed E-state index contributed by atoms with van der Waals surface area (Å²) >= 11 is 0. The summed E-state index contributed by atoms with van der Waals surface area (Å²) in [6, 6.07) is 15.5. The van der Waals surface area contributed by atoms with Gasteiger partial charge < -0.3 is 15.4 Å². The standard InChI is InChI=1S/C25H32N2O3/c1-25(2,3)19-13-10-18(11-14-19)12-15-23(28)27-22-9-5-4-8-21(22)24(29)26-17-20-7-6-16-30-20/h4-5,8-11,13-14,20H,6-7,12,15-17H2,1-3H3,(H,26,29)(H,27,28)/t20-/m0/s1. The first-order chi connectivity index (χ1) is 14.3. The molecule has 30 heavy (non-hydrogen) atoms. The number of hydrogen-bond acceptors (Lipinski definition) is 3. The van der Waals surface area contributed by atoms with Crippen molar-refractivity contribution < 1.29 is 14.3 Å². The minimum absolute atomic E-state index is 0.0837. The van der Waals surface area contributed by atoms with Gasteiger partial charge in [-0.3, -0.25) is 9.59 Å². The van der Waals surface area contributed by atoms with Crippen LogP contribution in [0, 0.1) is 0 Å². The van der Waals surface area contributed by atoms with Crippen molar-refractivity contribution in [3.05, 3.63) is 65.2 Å².